The van der Waals surface area contributed by atoms with E-state index < -0.39 is 10.0 Å². The van der Waals surface area contributed by atoms with Crippen LogP contribution in [-0.4, -0.2) is 39.6 Å². The molecule has 31 heavy (non-hydrogen) atoms. The molecule has 0 spiro atoms. The third kappa shape index (κ3) is 4.29. The van der Waals surface area contributed by atoms with E-state index in [-0.39, 0.29) is 34.9 Å². The molecule has 0 aromatic heterocycles. The van der Waals surface area contributed by atoms with Crippen molar-refractivity contribution >= 4 is 15.9 Å². The van der Waals surface area contributed by atoms with Crippen molar-refractivity contribution in [1.82, 2.24) is 10.0 Å². The topological polar surface area (TPSA) is 84.5 Å². The van der Waals surface area contributed by atoms with Gasteiger partial charge < -0.3 is 10.1 Å². The van der Waals surface area contributed by atoms with Crippen molar-refractivity contribution in [2.75, 3.05) is 13.2 Å². The summed E-state index contributed by atoms with van der Waals surface area (Å²) in [5, 5.41) is 3.23. The van der Waals surface area contributed by atoms with Crippen LogP contribution in [0.25, 0.3) is 0 Å². The van der Waals surface area contributed by atoms with E-state index in [2.05, 4.69) is 17.0 Å². The SMILES string of the molecule is C[C@@H](NC(=O)c1cccc(S(=O)(=O)NC[C@H]2CCCO2)c1)C12CC3CC(CC(C3)C1)C2. The Morgan fingerprint density at radius 3 is 2.45 bits per heavy atom. The Hall–Kier alpha value is -1.44. The fourth-order valence-corrected chi connectivity index (χ4v) is 8.15. The molecule has 1 aromatic rings. The number of amides is 1. The van der Waals surface area contributed by atoms with Gasteiger partial charge in [0.1, 0.15) is 0 Å². The van der Waals surface area contributed by atoms with Crippen LogP contribution in [0.1, 0.15) is 68.6 Å². The standard InChI is InChI=1S/C24H34N2O4S/c1-16(24-12-17-8-18(13-24)10-19(9-17)14-24)26-23(27)20-4-2-6-22(11-20)31(28,29)25-15-21-5-3-7-30-21/h2,4,6,11,16-19,21,25H,3,5,7-10,12-15H2,1H3,(H,26,27)/t16-,17?,18?,19?,21-,24?/m1/s1. The molecule has 4 saturated carbocycles. The van der Waals surface area contributed by atoms with Gasteiger partial charge >= 0.3 is 0 Å². The fourth-order valence-electron chi connectivity index (χ4n) is 7.04. The first-order chi connectivity index (χ1) is 14.8. The largest absolute Gasteiger partial charge is 0.377 e. The van der Waals surface area contributed by atoms with Crippen LogP contribution in [0, 0.1) is 23.2 Å². The lowest BCUT2D eigenvalue weighted by Crippen LogP contribution is -2.55. The summed E-state index contributed by atoms with van der Waals surface area (Å²) in [4.78, 5) is 13.2. The maximum absolute atomic E-state index is 13.0. The van der Waals surface area contributed by atoms with E-state index >= 15 is 0 Å². The lowest BCUT2D eigenvalue weighted by molar-refractivity contribution is -0.0688. The van der Waals surface area contributed by atoms with Gasteiger partial charge in [0.2, 0.25) is 10.0 Å². The van der Waals surface area contributed by atoms with E-state index in [1.165, 1.54) is 50.7 Å². The van der Waals surface area contributed by atoms with E-state index in [1.54, 1.807) is 12.1 Å². The zero-order chi connectivity index (χ0) is 21.6. The zero-order valence-electron chi connectivity index (χ0n) is 18.3. The zero-order valence-corrected chi connectivity index (χ0v) is 19.1. The molecule has 4 aliphatic carbocycles. The minimum Gasteiger partial charge on any atom is -0.377 e. The van der Waals surface area contributed by atoms with Crippen molar-refractivity contribution in [3.8, 4) is 0 Å². The summed E-state index contributed by atoms with van der Waals surface area (Å²) in [7, 11) is -3.68. The van der Waals surface area contributed by atoms with Gasteiger partial charge in [-0.05, 0) is 99.7 Å². The molecule has 6 rings (SSSR count). The Bertz CT molecular complexity index is 903. The van der Waals surface area contributed by atoms with E-state index in [0.29, 0.717) is 12.2 Å². The van der Waals surface area contributed by atoms with Gasteiger partial charge in [0.15, 0.2) is 0 Å². The molecule has 1 heterocycles. The molecule has 6 nitrogen and oxygen atoms in total. The third-order valence-electron chi connectivity index (χ3n) is 8.28. The highest BCUT2D eigenvalue weighted by Crippen LogP contribution is 2.61. The van der Waals surface area contributed by atoms with Crippen molar-refractivity contribution in [3.05, 3.63) is 29.8 Å². The van der Waals surface area contributed by atoms with Crippen molar-refractivity contribution in [2.45, 2.75) is 75.3 Å². The fraction of sp³-hybridized carbons (Fsp3) is 0.708. The average Bonchev–Trinajstić information content (AvgIpc) is 3.25. The number of ether oxygens (including phenoxy) is 1. The summed E-state index contributed by atoms with van der Waals surface area (Å²) in [5.41, 5.74) is 0.619. The summed E-state index contributed by atoms with van der Waals surface area (Å²) in [5.74, 6) is 2.30. The van der Waals surface area contributed by atoms with Gasteiger partial charge in [0.25, 0.3) is 5.91 Å². The highest BCUT2D eigenvalue weighted by molar-refractivity contribution is 7.89. The van der Waals surface area contributed by atoms with Crippen molar-refractivity contribution in [1.29, 1.82) is 0 Å². The second-order valence-electron chi connectivity index (χ2n) is 10.5. The van der Waals surface area contributed by atoms with Crippen LogP contribution in [0.15, 0.2) is 29.2 Å². The first-order valence-electron chi connectivity index (χ1n) is 11.9. The molecule has 1 aromatic carbocycles. The number of hydrogen-bond acceptors (Lipinski definition) is 4. The van der Waals surface area contributed by atoms with Gasteiger partial charge in [-0.2, -0.15) is 0 Å². The van der Waals surface area contributed by atoms with Crippen LogP contribution in [0.2, 0.25) is 0 Å². The van der Waals surface area contributed by atoms with Crippen LogP contribution in [-0.2, 0) is 14.8 Å². The van der Waals surface area contributed by atoms with E-state index in [9.17, 15) is 13.2 Å². The van der Waals surface area contributed by atoms with E-state index in [4.69, 9.17) is 4.74 Å². The number of carbonyl (C=O) groups is 1. The van der Waals surface area contributed by atoms with Crippen molar-refractivity contribution < 1.29 is 17.9 Å². The second-order valence-corrected chi connectivity index (χ2v) is 12.3. The molecular formula is C24H34N2O4S. The molecule has 0 radical (unpaired) electrons. The van der Waals surface area contributed by atoms with Crippen LogP contribution < -0.4 is 10.0 Å². The lowest BCUT2D eigenvalue weighted by atomic mass is 9.48. The maximum atomic E-state index is 13.0. The summed E-state index contributed by atoms with van der Waals surface area (Å²) < 4.78 is 33.6. The molecule has 0 unspecified atom stereocenters. The van der Waals surface area contributed by atoms with Crippen LogP contribution in [0.4, 0.5) is 0 Å². The molecule has 2 N–H and O–H groups in total. The van der Waals surface area contributed by atoms with Gasteiger partial charge in [0.05, 0.1) is 11.0 Å². The van der Waals surface area contributed by atoms with Gasteiger partial charge in [0, 0.05) is 24.8 Å². The third-order valence-corrected chi connectivity index (χ3v) is 9.70. The predicted octanol–water partition coefficient (Wildman–Crippen LogP) is 3.48. The van der Waals surface area contributed by atoms with Gasteiger partial charge in [-0.3, -0.25) is 4.79 Å². The Labute approximate surface area is 185 Å². The molecule has 7 heteroatoms. The molecule has 5 fully saturated rings. The highest BCUT2D eigenvalue weighted by atomic mass is 32.2. The average molecular weight is 447 g/mol. The van der Waals surface area contributed by atoms with Crippen LogP contribution in [0.5, 0.6) is 0 Å². The Kier molecular flexibility index (Phi) is 5.64. The highest BCUT2D eigenvalue weighted by Gasteiger charge is 2.53. The number of sulfonamides is 1. The monoisotopic (exact) mass is 446 g/mol. The summed E-state index contributed by atoms with van der Waals surface area (Å²) in [6.45, 7) is 3.10. The van der Waals surface area contributed by atoms with Gasteiger partial charge in [-0.15, -0.1) is 0 Å². The molecule has 4 bridgehead atoms. The number of nitrogens with one attached hydrogen (secondary N) is 2. The Balaban J connectivity index is 1.26. The second kappa shape index (κ2) is 8.16. The van der Waals surface area contributed by atoms with Gasteiger partial charge in [-0.25, -0.2) is 13.1 Å². The van der Waals surface area contributed by atoms with Gasteiger partial charge in [-0.1, -0.05) is 6.07 Å². The summed E-state index contributed by atoms with van der Waals surface area (Å²) in [6.07, 6.45) is 9.56. The molecule has 1 saturated heterocycles. The molecule has 170 valence electrons. The smallest absolute Gasteiger partial charge is 0.251 e. The molecular weight excluding hydrogens is 412 g/mol. The predicted molar refractivity (Wildman–Crippen MR) is 118 cm³/mol. The van der Waals surface area contributed by atoms with Crippen molar-refractivity contribution in [3.63, 3.8) is 0 Å². The molecule has 1 aliphatic heterocycles. The van der Waals surface area contributed by atoms with Crippen LogP contribution in [0.3, 0.4) is 0 Å². The van der Waals surface area contributed by atoms with Crippen molar-refractivity contribution in [2.24, 2.45) is 23.2 Å². The number of carbonyl (C=O) groups excluding carboxylic acids is 1. The summed E-state index contributed by atoms with van der Waals surface area (Å²) in [6, 6.07) is 6.47. The number of benzene rings is 1. The quantitative estimate of drug-likeness (QED) is 0.672. The first kappa shape index (κ1) is 21.4. The summed E-state index contributed by atoms with van der Waals surface area (Å²) >= 11 is 0. The molecule has 1 amide bonds. The number of hydrogen-bond donors (Lipinski definition) is 2. The Morgan fingerprint density at radius 1 is 1.16 bits per heavy atom. The molecule has 2 atom stereocenters. The normalized spacial score (nSPS) is 35.3. The maximum Gasteiger partial charge on any atom is 0.251 e. The first-order valence-corrected chi connectivity index (χ1v) is 13.3. The number of rotatable bonds is 7. The van der Waals surface area contributed by atoms with Crippen LogP contribution >= 0.6 is 0 Å². The minimum absolute atomic E-state index is 0.0672. The minimum atomic E-state index is -3.68. The van der Waals surface area contributed by atoms with E-state index in [1.807, 2.05) is 0 Å². The Morgan fingerprint density at radius 2 is 1.84 bits per heavy atom. The van der Waals surface area contributed by atoms with E-state index in [0.717, 1.165) is 30.6 Å². The lowest BCUT2D eigenvalue weighted by Gasteiger charge is -2.59. The molecule has 5 aliphatic rings.